The van der Waals surface area contributed by atoms with Crippen molar-refractivity contribution >= 4 is 17.9 Å². The zero-order valence-corrected chi connectivity index (χ0v) is 11.1. The van der Waals surface area contributed by atoms with Crippen LogP contribution in [0.15, 0.2) is 29.7 Å². The van der Waals surface area contributed by atoms with Gasteiger partial charge >= 0.3 is 6.09 Å². The molecular weight excluding hydrogens is 266 g/mol. The van der Waals surface area contributed by atoms with Crippen LogP contribution < -0.4 is 5.73 Å². The average Bonchev–Trinajstić information content (AvgIpc) is 2.77. The molecule has 0 spiro atoms. The molecule has 7 nitrogen and oxygen atoms in total. The highest BCUT2D eigenvalue weighted by Gasteiger charge is 2.10. The molecule has 0 saturated carbocycles. The minimum atomic E-state index is -0.768. The highest BCUT2D eigenvalue weighted by atomic mass is 32.2. The maximum Gasteiger partial charge on any atom is 0.404 e. The summed E-state index contributed by atoms with van der Waals surface area (Å²) in [6.07, 6.45) is 2.64. The summed E-state index contributed by atoms with van der Waals surface area (Å²) in [6.45, 7) is 0.247. The third-order valence-electron chi connectivity index (χ3n) is 2.33. The van der Waals surface area contributed by atoms with E-state index in [0.717, 1.165) is 16.5 Å². The van der Waals surface area contributed by atoms with Gasteiger partial charge in [-0.25, -0.2) is 4.79 Å². The number of thioether (sulfide) groups is 1. The minimum absolute atomic E-state index is 0.247. The standard InChI is InChI=1S/C11H13N5O2S/c1-16-9(8-2-4-13-5-3-8)14-15-11(16)19-7-6-18-10(12)17/h2-5H,6-7H2,1H3,(H2,12,17). The van der Waals surface area contributed by atoms with Crippen molar-refractivity contribution in [2.24, 2.45) is 12.8 Å². The van der Waals surface area contributed by atoms with E-state index in [1.807, 2.05) is 23.7 Å². The van der Waals surface area contributed by atoms with E-state index < -0.39 is 6.09 Å². The molecule has 0 fully saturated rings. The third-order valence-corrected chi connectivity index (χ3v) is 3.32. The zero-order valence-electron chi connectivity index (χ0n) is 10.3. The van der Waals surface area contributed by atoms with Crippen LogP contribution in [0.1, 0.15) is 0 Å². The quantitative estimate of drug-likeness (QED) is 0.649. The molecule has 19 heavy (non-hydrogen) atoms. The third kappa shape index (κ3) is 3.44. The number of hydrogen-bond donors (Lipinski definition) is 1. The number of amides is 1. The lowest BCUT2D eigenvalue weighted by Crippen LogP contribution is -2.14. The lowest BCUT2D eigenvalue weighted by Gasteiger charge is -2.03. The number of nitrogens with two attached hydrogens (primary N) is 1. The second-order valence-corrected chi connectivity index (χ2v) is 4.68. The predicted molar refractivity (Wildman–Crippen MR) is 70.5 cm³/mol. The fourth-order valence-corrected chi connectivity index (χ4v) is 2.20. The Labute approximate surface area is 114 Å². The van der Waals surface area contributed by atoms with E-state index in [1.165, 1.54) is 11.8 Å². The minimum Gasteiger partial charge on any atom is -0.449 e. The first-order valence-electron chi connectivity index (χ1n) is 5.53. The van der Waals surface area contributed by atoms with Crippen LogP contribution in [0.2, 0.25) is 0 Å². The summed E-state index contributed by atoms with van der Waals surface area (Å²) in [5, 5.41) is 8.97. The fourth-order valence-electron chi connectivity index (χ4n) is 1.47. The zero-order chi connectivity index (χ0) is 13.7. The molecule has 0 unspecified atom stereocenters. The number of aromatic nitrogens is 4. The molecule has 0 atom stereocenters. The van der Waals surface area contributed by atoms with Crippen LogP contribution in [-0.4, -0.2) is 38.2 Å². The molecule has 0 saturated heterocycles. The van der Waals surface area contributed by atoms with Crippen molar-refractivity contribution in [3.05, 3.63) is 24.5 Å². The predicted octanol–water partition coefficient (Wildman–Crippen LogP) is 1.06. The van der Waals surface area contributed by atoms with Crippen LogP contribution in [-0.2, 0) is 11.8 Å². The van der Waals surface area contributed by atoms with Crippen molar-refractivity contribution in [3.63, 3.8) is 0 Å². The topological polar surface area (TPSA) is 95.9 Å². The molecule has 0 aliphatic rings. The van der Waals surface area contributed by atoms with E-state index in [0.29, 0.717) is 5.75 Å². The normalized spacial score (nSPS) is 10.4. The molecule has 2 heterocycles. The van der Waals surface area contributed by atoms with Crippen molar-refractivity contribution in [2.75, 3.05) is 12.4 Å². The number of hydrogen-bond acceptors (Lipinski definition) is 6. The lowest BCUT2D eigenvalue weighted by atomic mass is 10.2. The summed E-state index contributed by atoms with van der Waals surface area (Å²) in [6, 6.07) is 3.74. The average molecular weight is 279 g/mol. The first-order valence-corrected chi connectivity index (χ1v) is 6.52. The molecule has 0 aliphatic heterocycles. The van der Waals surface area contributed by atoms with Gasteiger partial charge in [-0.3, -0.25) is 4.98 Å². The van der Waals surface area contributed by atoms with Crippen LogP contribution >= 0.6 is 11.8 Å². The van der Waals surface area contributed by atoms with Crippen LogP contribution in [0, 0.1) is 0 Å². The molecule has 2 N–H and O–H groups in total. The summed E-state index contributed by atoms with van der Waals surface area (Å²) >= 11 is 1.45. The van der Waals surface area contributed by atoms with E-state index in [-0.39, 0.29) is 6.61 Å². The maximum atomic E-state index is 10.4. The first-order chi connectivity index (χ1) is 9.18. The highest BCUT2D eigenvalue weighted by molar-refractivity contribution is 7.99. The van der Waals surface area contributed by atoms with Gasteiger partial charge in [0.1, 0.15) is 6.61 Å². The summed E-state index contributed by atoms with van der Waals surface area (Å²) in [4.78, 5) is 14.4. The van der Waals surface area contributed by atoms with Crippen molar-refractivity contribution in [1.82, 2.24) is 19.7 Å². The van der Waals surface area contributed by atoms with Gasteiger partial charge in [-0.1, -0.05) is 11.8 Å². The summed E-state index contributed by atoms with van der Waals surface area (Å²) in [7, 11) is 1.88. The smallest absolute Gasteiger partial charge is 0.404 e. The van der Waals surface area contributed by atoms with Gasteiger partial charge in [-0.15, -0.1) is 10.2 Å². The van der Waals surface area contributed by atoms with Gasteiger partial charge in [0.05, 0.1) is 0 Å². The van der Waals surface area contributed by atoms with Crippen LogP contribution in [0.5, 0.6) is 0 Å². The van der Waals surface area contributed by atoms with E-state index in [4.69, 9.17) is 5.73 Å². The molecule has 0 bridgehead atoms. The monoisotopic (exact) mass is 279 g/mol. The second-order valence-electron chi connectivity index (χ2n) is 3.62. The Kier molecular flexibility index (Phi) is 4.35. The molecule has 8 heteroatoms. The molecule has 2 rings (SSSR count). The number of ether oxygens (including phenoxy) is 1. The molecule has 0 aromatic carbocycles. The summed E-state index contributed by atoms with van der Waals surface area (Å²) in [5.41, 5.74) is 5.82. The van der Waals surface area contributed by atoms with Gasteiger partial charge in [-0.2, -0.15) is 0 Å². The molecule has 1 amide bonds. The van der Waals surface area contributed by atoms with Crippen LogP contribution in [0.25, 0.3) is 11.4 Å². The van der Waals surface area contributed by atoms with Gasteiger partial charge < -0.3 is 15.0 Å². The fraction of sp³-hybridized carbons (Fsp3) is 0.273. The number of rotatable bonds is 5. The first kappa shape index (κ1) is 13.3. The van der Waals surface area contributed by atoms with E-state index in [1.54, 1.807) is 12.4 Å². The molecule has 2 aromatic heterocycles. The Morgan fingerprint density at radius 1 is 1.42 bits per heavy atom. The maximum absolute atomic E-state index is 10.4. The Morgan fingerprint density at radius 3 is 2.84 bits per heavy atom. The molecule has 0 aliphatic carbocycles. The van der Waals surface area contributed by atoms with E-state index in [9.17, 15) is 4.79 Å². The summed E-state index contributed by atoms with van der Waals surface area (Å²) < 4.78 is 6.53. The van der Waals surface area contributed by atoms with Crippen LogP contribution in [0.3, 0.4) is 0 Å². The molecule has 0 radical (unpaired) electrons. The number of carbonyl (C=O) groups is 1. The SMILES string of the molecule is Cn1c(SCCOC(N)=O)nnc1-c1ccncc1. The largest absolute Gasteiger partial charge is 0.449 e. The van der Waals surface area contributed by atoms with Gasteiger partial charge in [-0.05, 0) is 12.1 Å². The van der Waals surface area contributed by atoms with Crippen molar-refractivity contribution in [1.29, 1.82) is 0 Å². The molecular formula is C11H13N5O2S. The Morgan fingerprint density at radius 2 is 2.16 bits per heavy atom. The molecule has 100 valence electrons. The number of nitrogens with zero attached hydrogens (tertiary/aromatic N) is 4. The van der Waals surface area contributed by atoms with E-state index in [2.05, 4.69) is 19.9 Å². The van der Waals surface area contributed by atoms with Crippen LogP contribution in [0.4, 0.5) is 4.79 Å². The number of pyridine rings is 1. The van der Waals surface area contributed by atoms with Crippen molar-refractivity contribution in [2.45, 2.75) is 5.16 Å². The number of carbonyl (C=O) groups excluding carboxylic acids is 1. The van der Waals surface area contributed by atoms with Gasteiger partial charge in [0.15, 0.2) is 11.0 Å². The van der Waals surface area contributed by atoms with E-state index >= 15 is 0 Å². The Bertz CT molecular complexity index is 557. The lowest BCUT2D eigenvalue weighted by molar-refractivity contribution is 0.164. The molecule has 2 aromatic rings. The van der Waals surface area contributed by atoms with Crippen molar-refractivity contribution < 1.29 is 9.53 Å². The second kappa shape index (κ2) is 6.19. The Hall–Kier alpha value is -2.09. The number of primary amides is 1. The summed E-state index contributed by atoms with van der Waals surface area (Å²) in [5.74, 6) is 1.34. The van der Waals surface area contributed by atoms with Gasteiger partial charge in [0, 0.05) is 30.8 Å². The van der Waals surface area contributed by atoms with Gasteiger partial charge in [0.2, 0.25) is 0 Å². The highest BCUT2D eigenvalue weighted by Crippen LogP contribution is 2.21. The van der Waals surface area contributed by atoms with Crippen molar-refractivity contribution in [3.8, 4) is 11.4 Å². The van der Waals surface area contributed by atoms with Gasteiger partial charge in [0.25, 0.3) is 0 Å². The Balaban J connectivity index is 2.01.